The summed E-state index contributed by atoms with van der Waals surface area (Å²) < 4.78 is 13.4. The lowest BCUT2D eigenvalue weighted by atomic mass is 10.2. The zero-order valence-electron chi connectivity index (χ0n) is 17.8. The van der Waals surface area contributed by atoms with Crippen LogP contribution < -0.4 is 18.9 Å². The molecule has 0 aliphatic carbocycles. The van der Waals surface area contributed by atoms with Gasteiger partial charge in [0.15, 0.2) is 11.7 Å². The minimum atomic E-state index is 0.198. The van der Waals surface area contributed by atoms with Gasteiger partial charge in [0.2, 0.25) is 16.2 Å². The third-order valence-corrected chi connectivity index (χ3v) is 8.49. The van der Waals surface area contributed by atoms with Gasteiger partial charge in [-0.05, 0) is 43.3 Å². The SMILES string of the molecule is Cc1cc2n(n1)[N+]13c4c(ncc5c4-n4c6c(cccc6c6ccc[n+]1c64)S5)Oc1cccc-2[n+]13. The van der Waals surface area contributed by atoms with Gasteiger partial charge in [0.1, 0.15) is 4.68 Å². The van der Waals surface area contributed by atoms with E-state index in [1.165, 1.54) is 21.2 Å². The van der Waals surface area contributed by atoms with Gasteiger partial charge in [-0.1, -0.05) is 17.8 Å². The summed E-state index contributed by atoms with van der Waals surface area (Å²) in [4.78, 5) is 9.52. The second-order valence-corrected chi connectivity index (χ2v) is 10.2. The number of aromatic nitrogens is 6. The fraction of sp³-hybridized carbons (Fsp3) is 0.0400. The molecule has 4 aliphatic heterocycles. The first-order valence-corrected chi connectivity index (χ1v) is 12.0. The van der Waals surface area contributed by atoms with Crippen molar-refractivity contribution >= 4 is 39.4 Å². The first kappa shape index (κ1) is 16.4. The van der Waals surface area contributed by atoms with Gasteiger partial charge in [0.25, 0.3) is 0 Å². The number of benzene rings is 1. The van der Waals surface area contributed by atoms with Gasteiger partial charge >= 0.3 is 28.8 Å². The van der Waals surface area contributed by atoms with E-state index >= 15 is 0 Å². The number of fused-ring (bicyclic) bond motifs is 3. The molecule has 9 heterocycles. The number of rotatable bonds is 0. The average molecular weight is 461 g/mol. The molecule has 0 saturated heterocycles. The van der Waals surface area contributed by atoms with Crippen LogP contribution in [-0.4, -0.2) is 19.4 Å². The summed E-state index contributed by atoms with van der Waals surface area (Å²) in [6.07, 6.45) is 4.10. The summed E-state index contributed by atoms with van der Waals surface area (Å²) in [6.45, 7) is 2.05. The van der Waals surface area contributed by atoms with Crippen LogP contribution >= 0.6 is 11.8 Å². The molecule has 6 aromatic rings. The first-order chi connectivity index (χ1) is 16.8. The van der Waals surface area contributed by atoms with Gasteiger partial charge in [0.05, 0.1) is 26.9 Å². The van der Waals surface area contributed by atoms with E-state index in [1.54, 1.807) is 11.8 Å². The van der Waals surface area contributed by atoms with E-state index in [9.17, 15) is 0 Å². The molecule has 1 aromatic carbocycles. The minimum absolute atomic E-state index is 0.198. The van der Waals surface area contributed by atoms with Crippen LogP contribution in [0.25, 0.3) is 39.0 Å². The molecule has 10 rings (SSSR count). The molecule has 1 atom stereocenters. The number of aryl methyl sites for hydroxylation is 1. The molecule has 1 unspecified atom stereocenters. The van der Waals surface area contributed by atoms with Crippen molar-refractivity contribution in [2.75, 3.05) is 0 Å². The molecule has 8 nitrogen and oxygen atoms in total. The van der Waals surface area contributed by atoms with Crippen LogP contribution in [0.15, 0.2) is 76.8 Å². The molecule has 1 spiro atoms. The maximum absolute atomic E-state index is 6.48. The minimum Gasteiger partial charge on any atom is -0.375 e. The highest BCUT2D eigenvalue weighted by atomic mass is 32.2. The molecule has 9 heteroatoms. The molecule has 0 amide bonds. The van der Waals surface area contributed by atoms with E-state index in [2.05, 4.69) is 67.4 Å². The highest BCUT2D eigenvalue weighted by molar-refractivity contribution is 7.99. The molecular weight excluding hydrogens is 446 g/mol. The van der Waals surface area contributed by atoms with Gasteiger partial charge in [-0.3, -0.25) is 0 Å². The van der Waals surface area contributed by atoms with Crippen LogP contribution in [0.3, 0.4) is 0 Å². The second-order valence-electron chi connectivity index (χ2n) is 9.10. The van der Waals surface area contributed by atoms with Crippen LogP contribution in [-0.2, 0) is 0 Å². The Balaban J connectivity index is 1.59. The predicted octanol–water partition coefficient (Wildman–Crippen LogP) is 3.82. The summed E-state index contributed by atoms with van der Waals surface area (Å²) in [5.74, 6) is 1.34. The van der Waals surface area contributed by atoms with E-state index in [4.69, 9.17) is 14.8 Å². The zero-order valence-corrected chi connectivity index (χ0v) is 18.6. The lowest BCUT2D eigenvalue weighted by Crippen LogP contribution is -2.88. The molecule has 4 aliphatic rings. The predicted molar refractivity (Wildman–Crippen MR) is 124 cm³/mol. The molecule has 5 aromatic heterocycles. The summed E-state index contributed by atoms with van der Waals surface area (Å²) in [5.41, 5.74) is 7.53. The van der Waals surface area contributed by atoms with Crippen molar-refractivity contribution in [3.8, 4) is 28.8 Å². The number of ether oxygens (including phenoxy) is 1. The van der Waals surface area contributed by atoms with Gasteiger partial charge in [-0.25, -0.2) is 4.98 Å². The topological polar surface area (TPSA) is 52.6 Å². The van der Waals surface area contributed by atoms with Gasteiger partial charge in [-0.2, -0.15) is 4.57 Å². The zero-order chi connectivity index (χ0) is 21.9. The molecular formula is C25H14N7OS+3. The van der Waals surface area contributed by atoms with Gasteiger partial charge in [0, 0.05) is 27.1 Å². The van der Waals surface area contributed by atoms with E-state index in [0.717, 1.165) is 44.9 Å². The molecule has 0 radical (unpaired) electrons. The number of para-hydroxylation sites is 1. The summed E-state index contributed by atoms with van der Waals surface area (Å²) in [6, 6.07) is 19.2. The first-order valence-electron chi connectivity index (χ1n) is 11.2. The molecule has 0 bridgehead atoms. The standard InChI is InChI=1S/C25H14N7OS/c1-13-11-17-16-7-3-9-20-30(16)32(31(17)27-13)23-22-19(12-26-24(23)33-20)34-18-8-2-5-14-15-6-4-10-28(32)25(15)29(22)21(14)18/h2-12H,1H3/q+3. The lowest BCUT2D eigenvalue weighted by Gasteiger charge is -2.30. The number of hydrogen-bond donors (Lipinski definition) is 0. The van der Waals surface area contributed by atoms with Gasteiger partial charge in [-0.15, -0.1) is 5.10 Å². The van der Waals surface area contributed by atoms with Crippen molar-refractivity contribution in [1.82, 2.24) is 24.3 Å². The quantitative estimate of drug-likeness (QED) is 0.255. The Kier molecular flexibility index (Phi) is 2.34. The van der Waals surface area contributed by atoms with E-state index in [0.29, 0.717) is 5.88 Å². The van der Waals surface area contributed by atoms with Crippen molar-refractivity contribution in [2.24, 2.45) is 0 Å². The van der Waals surface area contributed by atoms with E-state index in [-0.39, 0.29) is 4.81 Å². The van der Waals surface area contributed by atoms with Crippen molar-refractivity contribution in [1.29, 1.82) is 0 Å². The van der Waals surface area contributed by atoms with Crippen LogP contribution in [0.2, 0.25) is 0 Å². The maximum atomic E-state index is 6.48. The van der Waals surface area contributed by atoms with Crippen LogP contribution in [0.4, 0.5) is 5.69 Å². The number of pyridine rings is 3. The highest BCUT2D eigenvalue weighted by Gasteiger charge is 2.72. The Bertz CT molecular complexity index is 2000. The Morgan fingerprint density at radius 3 is 2.91 bits per heavy atom. The summed E-state index contributed by atoms with van der Waals surface area (Å²) >= 11 is 1.78. The summed E-state index contributed by atoms with van der Waals surface area (Å²) in [7, 11) is 0. The molecule has 0 fully saturated rings. The fourth-order valence-corrected chi connectivity index (χ4v) is 7.40. The molecule has 34 heavy (non-hydrogen) atoms. The largest absolute Gasteiger partial charge is 0.439 e. The Hall–Kier alpha value is -4.21. The van der Waals surface area contributed by atoms with Gasteiger partial charge < -0.3 is 4.74 Å². The van der Waals surface area contributed by atoms with Crippen molar-refractivity contribution in [3.63, 3.8) is 0 Å². The second kappa shape index (κ2) is 4.84. The Morgan fingerprint density at radius 2 is 1.94 bits per heavy atom. The number of quaternary nitrogens is 1. The third kappa shape index (κ3) is 1.41. The monoisotopic (exact) mass is 460 g/mol. The molecule has 0 N–H and O–H groups in total. The number of hydrogen-bond acceptors (Lipinski definition) is 4. The van der Waals surface area contributed by atoms with Crippen molar-refractivity contribution < 1.29 is 14.1 Å². The molecule has 0 saturated carbocycles. The normalized spacial score (nSPS) is 19.0. The van der Waals surface area contributed by atoms with Crippen LogP contribution in [0.1, 0.15) is 5.69 Å². The average Bonchev–Trinajstić information content (AvgIpc) is 3.49. The van der Waals surface area contributed by atoms with Crippen LogP contribution in [0.5, 0.6) is 11.8 Å². The van der Waals surface area contributed by atoms with Crippen LogP contribution in [0, 0.1) is 6.92 Å². The summed E-state index contributed by atoms with van der Waals surface area (Å²) in [5, 5.41) is 7.52. The smallest absolute Gasteiger partial charge is 0.375 e. The Morgan fingerprint density at radius 1 is 1.03 bits per heavy atom. The fourth-order valence-electron chi connectivity index (χ4n) is 6.33. The maximum Gasteiger partial charge on any atom is 0.439 e. The van der Waals surface area contributed by atoms with E-state index in [1.807, 2.05) is 25.3 Å². The van der Waals surface area contributed by atoms with Crippen molar-refractivity contribution in [3.05, 3.63) is 72.7 Å². The van der Waals surface area contributed by atoms with E-state index < -0.39 is 0 Å². The third-order valence-electron chi connectivity index (χ3n) is 7.43. The number of nitrogens with zero attached hydrogens (tertiary/aromatic N) is 7. The highest BCUT2D eigenvalue weighted by Crippen LogP contribution is 2.55. The Labute approximate surface area is 196 Å². The lowest BCUT2D eigenvalue weighted by molar-refractivity contribution is -1.05. The van der Waals surface area contributed by atoms with Crippen molar-refractivity contribution in [2.45, 2.75) is 16.7 Å². The molecule has 158 valence electrons.